The summed E-state index contributed by atoms with van der Waals surface area (Å²) in [6.45, 7) is 3.66. The second-order valence-corrected chi connectivity index (χ2v) is 5.08. The van der Waals surface area contributed by atoms with Gasteiger partial charge in [-0.25, -0.2) is 4.39 Å². The Morgan fingerprint density at radius 3 is 2.68 bits per heavy atom. The Morgan fingerprint density at radius 1 is 1.26 bits per heavy atom. The van der Waals surface area contributed by atoms with Gasteiger partial charge in [0.15, 0.2) is 0 Å². The number of hydrogen-bond donors (Lipinski definition) is 1. The minimum Gasteiger partial charge on any atom is -0.320 e. The van der Waals surface area contributed by atoms with E-state index < -0.39 is 11.7 Å². The normalized spacial score (nSPS) is 10.3. The molecule has 0 aliphatic rings. The quantitative estimate of drug-likeness (QED) is 0.912. The number of rotatable bonds is 2. The average molecular weight is 323 g/mol. The molecule has 3 nitrogen and oxygen atoms in total. The lowest BCUT2D eigenvalue weighted by Crippen LogP contribution is -2.15. The molecule has 2 aromatic rings. The Balaban J connectivity index is 2.28. The van der Waals surface area contributed by atoms with E-state index in [0.29, 0.717) is 15.9 Å². The molecular formula is C14H12BrFN2O. The van der Waals surface area contributed by atoms with E-state index in [9.17, 15) is 9.18 Å². The van der Waals surface area contributed by atoms with Gasteiger partial charge < -0.3 is 5.32 Å². The van der Waals surface area contributed by atoms with Gasteiger partial charge in [0.25, 0.3) is 5.91 Å². The van der Waals surface area contributed by atoms with Gasteiger partial charge in [0.05, 0.1) is 16.9 Å². The fourth-order valence-corrected chi connectivity index (χ4v) is 2.04. The molecule has 1 N–H and O–H groups in total. The maximum absolute atomic E-state index is 13.6. The Bertz CT molecular complexity index is 643. The summed E-state index contributed by atoms with van der Waals surface area (Å²) in [5.41, 5.74) is 2.14. The molecule has 0 saturated heterocycles. The van der Waals surface area contributed by atoms with Gasteiger partial charge in [0.2, 0.25) is 0 Å². The van der Waals surface area contributed by atoms with E-state index in [2.05, 4.69) is 26.2 Å². The maximum Gasteiger partial charge on any atom is 0.258 e. The van der Waals surface area contributed by atoms with Crippen LogP contribution in [0.5, 0.6) is 0 Å². The summed E-state index contributed by atoms with van der Waals surface area (Å²) < 4.78 is 14.2. The van der Waals surface area contributed by atoms with Crippen molar-refractivity contribution in [1.29, 1.82) is 0 Å². The van der Waals surface area contributed by atoms with Crippen molar-refractivity contribution in [2.45, 2.75) is 13.8 Å². The predicted octanol–water partition coefficient (Wildman–Crippen LogP) is 3.85. The van der Waals surface area contributed by atoms with Crippen molar-refractivity contribution in [3.8, 4) is 0 Å². The summed E-state index contributed by atoms with van der Waals surface area (Å²) >= 11 is 3.22. The van der Waals surface area contributed by atoms with Gasteiger partial charge in [-0.15, -0.1) is 0 Å². The molecule has 0 saturated carbocycles. The van der Waals surface area contributed by atoms with Crippen LogP contribution in [0.4, 0.5) is 10.1 Å². The molecule has 19 heavy (non-hydrogen) atoms. The van der Waals surface area contributed by atoms with Crippen LogP contribution in [0.25, 0.3) is 0 Å². The van der Waals surface area contributed by atoms with Gasteiger partial charge in [0.1, 0.15) is 5.82 Å². The summed E-state index contributed by atoms with van der Waals surface area (Å²) in [5.74, 6) is -1.05. The van der Waals surface area contributed by atoms with Crippen LogP contribution in [0.15, 0.2) is 34.8 Å². The average Bonchev–Trinajstić information content (AvgIpc) is 2.35. The monoisotopic (exact) mass is 322 g/mol. The standard InChI is InChI=1S/C14H12BrFN2O/c1-8-3-6-13(9(2)17-8)18-14(19)11-7-10(15)4-5-12(11)16/h3-7H,1-2H3,(H,18,19). The number of halogens is 2. The maximum atomic E-state index is 13.6. The highest BCUT2D eigenvalue weighted by molar-refractivity contribution is 9.10. The molecule has 1 aromatic heterocycles. The Kier molecular flexibility index (Phi) is 3.95. The molecule has 0 bridgehead atoms. The fourth-order valence-electron chi connectivity index (χ4n) is 1.68. The molecule has 0 spiro atoms. The predicted molar refractivity (Wildman–Crippen MR) is 75.8 cm³/mol. The highest BCUT2D eigenvalue weighted by Gasteiger charge is 2.13. The van der Waals surface area contributed by atoms with E-state index in [1.165, 1.54) is 12.1 Å². The number of nitrogens with zero attached hydrogens (tertiary/aromatic N) is 1. The third kappa shape index (κ3) is 3.17. The largest absolute Gasteiger partial charge is 0.320 e. The van der Waals surface area contributed by atoms with E-state index >= 15 is 0 Å². The number of aromatic nitrogens is 1. The third-order valence-electron chi connectivity index (χ3n) is 2.65. The van der Waals surface area contributed by atoms with Crippen molar-refractivity contribution in [2.24, 2.45) is 0 Å². The number of hydrogen-bond acceptors (Lipinski definition) is 2. The first-order valence-electron chi connectivity index (χ1n) is 5.68. The minimum absolute atomic E-state index is 0.00523. The lowest BCUT2D eigenvalue weighted by molar-refractivity contribution is 0.102. The zero-order chi connectivity index (χ0) is 14.0. The molecule has 2 rings (SSSR count). The first-order chi connectivity index (χ1) is 8.97. The van der Waals surface area contributed by atoms with Crippen molar-refractivity contribution >= 4 is 27.5 Å². The van der Waals surface area contributed by atoms with Gasteiger partial charge in [-0.3, -0.25) is 9.78 Å². The molecule has 0 fully saturated rings. The summed E-state index contributed by atoms with van der Waals surface area (Å²) in [4.78, 5) is 16.3. The van der Waals surface area contributed by atoms with Gasteiger partial charge >= 0.3 is 0 Å². The summed E-state index contributed by atoms with van der Waals surface area (Å²) in [7, 11) is 0. The van der Waals surface area contributed by atoms with Crippen molar-refractivity contribution < 1.29 is 9.18 Å². The van der Waals surface area contributed by atoms with Crippen molar-refractivity contribution in [1.82, 2.24) is 4.98 Å². The highest BCUT2D eigenvalue weighted by Crippen LogP contribution is 2.18. The summed E-state index contributed by atoms with van der Waals surface area (Å²) in [5, 5.41) is 2.66. The number of amides is 1. The molecule has 1 heterocycles. The Labute approximate surface area is 119 Å². The molecule has 1 amide bonds. The highest BCUT2D eigenvalue weighted by atomic mass is 79.9. The number of anilines is 1. The smallest absolute Gasteiger partial charge is 0.258 e. The number of aryl methyl sites for hydroxylation is 2. The first kappa shape index (κ1) is 13.7. The molecule has 0 aliphatic carbocycles. The van der Waals surface area contributed by atoms with Crippen LogP contribution in [0, 0.1) is 19.7 Å². The van der Waals surface area contributed by atoms with E-state index in [0.717, 1.165) is 5.69 Å². The molecular weight excluding hydrogens is 311 g/mol. The Hall–Kier alpha value is -1.75. The van der Waals surface area contributed by atoms with Crippen molar-refractivity contribution in [3.63, 3.8) is 0 Å². The molecule has 98 valence electrons. The van der Waals surface area contributed by atoms with Crippen LogP contribution in [-0.2, 0) is 0 Å². The molecule has 5 heteroatoms. The van der Waals surface area contributed by atoms with Crippen molar-refractivity contribution in [3.05, 3.63) is 57.6 Å². The van der Waals surface area contributed by atoms with E-state index in [1.807, 2.05) is 6.92 Å². The van der Waals surface area contributed by atoms with Crippen molar-refractivity contribution in [2.75, 3.05) is 5.32 Å². The van der Waals surface area contributed by atoms with E-state index in [4.69, 9.17) is 0 Å². The number of carbonyl (C=O) groups is 1. The minimum atomic E-state index is -0.557. The summed E-state index contributed by atoms with van der Waals surface area (Å²) in [6, 6.07) is 7.79. The lowest BCUT2D eigenvalue weighted by atomic mass is 10.2. The Morgan fingerprint density at radius 2 is 2.00 bits per heavy atom. The van der Waals surface area contributed by atoms with E-state index in [1.54, 1.807) is 25.1 Å². The van der Waals surface area contributed by atoms with Crippen LogP contribution >= 0.6 is 15.9 Å². The van der Waals surface area contributed by atoms with Gasteiger partial charge in [0, 0.05) is 10.2 Å². The van der Waals surface area contributed by atoms with Crippen LogP contribution in [-0.4, -0.2) is 10.9 Å². The topological polar surface area (TPSA) is 42.0 Å². The molecule has 1 aromatic carbocycles. The fraction of sp³-hybridized carbons (Fsp3) is 0.143. The second-order valence-electron chi connectivity index (χ2n) is 4.16. The van der Waals surface area contributed by atoms with Gasteiger partial charge in [-0.05, 0) is 44.2 Å². The SMILES string of the molecule is Cc1ccc(NC(=O)c2cc(Br)ccc2F)c(C)n1. The first-order valence-corrected chi connectivity index (χ1v) is 6.47. The molecule has 0 aliphatic heterocycles. The summed E-state index contributed by atoms with van der Waals surface area (Å²) in [6.07, 6.45) is 0. The van der Waals surface area contributed by atoms with Crippen LogP contribution in [0.3, 0.4) is 0 Å². The van der Waals surface area contributed by atoms with Crippen LogP contribution < -0.4 is 5.32 Å². The number of carbonyl (C=O) groups excluding carboxylic acids is 1. The second kappa shape index (κ2) is 5.48. The lowest BCUT2D eigenvalue weighted by Gasteiger charge is -2.09. The van der Waals surface area contributed by atoms with Gasteiger partial charge in [-0.1, -0.05) is 15.9 Å². The molecule has 0 atom stereocenters. The third-order valence-corrected chi connectivity index (χ3v) is 3.14. The zero-order valence-electron chi connectivity index (χ0n) is 10.5. The van der Waals surface area contributed by atoms with Gasteiger partial charge in [-0.2, -0.15) is 0 Å². The number of pyridine rings is 1. The number of nitrogens with one attached hydrogen (secondary N) is 1. The number of benzene rings is 1. The zero-order valence-corrected chi connectivity index (χ0v) is 12.1. The van der Waals surface area contributed by atoms with Crippen LogP contribution in [0.1, 0.15) is 21.7 Å². The van der Waals surface area contributed by atoms with E-state index in [-0.39, 0.29) is 5.56 Å². The van der Waals surface area contributed by atoms with Crippen LogP contribution in [0.2, 0.25) is 0 Å². The molecule has 0 radical (unpaired) electrons. The molecule has 0 unspecified atom stereocenters.